The average Bonchev–Trinajstić information content (AvgIpc) is 2.90. The van der Waals surface area contributed by atoms with Crippen LogP contribution in [-0.4, -0.2) is 36.8 Å². The summed E-state index contributed by atoms with van der Waals surface area (Å²) in [6.07, 6.45) is 1.68. The Kier molecular flexibility index (Phi) is 4.12. The molecule has 1 atom stereocenters. The first kappa shape index (κ1) is 11.3. The Morgan fingerprint density at radius 3 is 3.31 bits per heavy atom. The van der Waals surface area contributed by atoms with Gasteiger partial charge in [0.15, 0.2) is 0 Å². The van der Waals surface area contributed by atoms with Crippen molar-refractivity contribution in [3.8, 4) is 0 Å². The molecule has 1 aliphatic rings. The van der Waals surface area contributed by atoms with Gasteiger partial charge in [-0.1, -0.05) is 0 Å². The molecule has 88 valence electrons. The molecule has 1 aliphatic heterocycles. The highest BCUT2D eigenvalue weighted by molar-refractivity contribution is 7.07. The van der Waals surface area contributed by atoms with Crippen LogP contribution in [0.2, 0.25) is 0 Å². The molecule has 2 N–H and O–H groups in total. The minimum Gasteiger partial charge on any atom is -0.379 e. The molecule has 2 amide bonds. The molecular weight excluding hydrogens is 226 g/mol. The minimum absolute atomic E-state index is 0.120. The van der Waals surface area contributed by atoms with Crippen molar-refractivity contribution in [2.45, 2.75) is 18.9 Å². The van der Waals surface area contributed by atoms with Crippen molar-refractivity contribution < 1.29 is 9.53 Å². The van der Waals surface area contributed by atoms with Gasteiger partial charge in [-0.3, -0.25) is 0 Å². The number of nitrogens with one attached hydrogen (secondary N) is 2. The van der Waals surface area contributed by atoms with E-state index >= 15 is 0 Å². The van der Waals surface area contributed by atoms with Crippen molar-refractivity contribution in [2.24, 2.45) is 0 Å². The van der Waals surface area contributed by atoms with Gasteiger partial charge in [0.2, 0.25) is 0 Å². The Bertz CT molecular complexity index is 323. The van der Waals surface area contributed by atoms with Crippen LogP contribution >= 0.6 is 11.3 Å². The molecule has 1 unspecified atom stereocenters. The third-order valence-electron chi connectivity index (χ3n) is 2.42. The van der Waals surface area contributed by atoms with Gasteiger partial charge in [-0.25, -0.2) is 9.78 Å². The lowest BCUT2D eigenvalue weighted by molar-refractivity contribution is 0.188. The van der Waals surface area contributed by atoms with Gasteiger partial charge in [0.05, 0.1) is 23.9 Å². The Labute approximate surface area is 98.2 Å². The third-order valence-corrected chi connectivity index (χ3v) is 3.05. The van der Waals surface area contributed by atoms with Gasteiger partial charge in [0.25, 0.3) is 0 Å². The lowest BCUT2D eigenvalue weighted by atomic mass is 10.3. The van der Waals surface area contributed by atoms with Crippen molar-refractivity contribution in [3.63, 3.8) is 0 Å². The van der Waals surface area contributed by atoms with E-state index in [-0.39, 0.29) is 12.1 Å². The molecule has 0 saturated carbocycles. The summed E-state index contributed by atoms with van der Waals surface area (Å²) < 4.78 is 5.17. The van der Waals surface area contributed by atoms with Crippen molar-refractivity contribution in [1.82, 2.24) is 15.6 Å². The maximum atomic E-state index is 11.4. The first-order valence-corrected chi connectivity index (χ1v) is 6.28. The molecule has 2 heterocycles. The first-order valence-electron chi connectivity index (χ1n) is 5.34. The number of urea groups is 1. The minimum atomic E-state index is -0.120. The zero-order valence-electron chi connectivity index (χ0n) is 8.94. The highest BCUT2D eigenvalue weighted by atomic mass is 32.1. The standard InChI is InChI=1S/C10H15N3O2S/c14-10(13-8-2-4-15-5-8)11-3-1-9-6-16-7-12-9/h6-8H,1-5H2,(H2,11,13,14). The maximum Gasteiger partial charge on any atom is 0.315 e. The molecule has 0 bridgehead atoms. The van der Waals surface area contributed by atoms with E-state index in [9.17, 15) is 4.79 Å². The first-order chi connectivity index (χ1) is 7.84. The number of nitrogens with zero attached hydrogens (tertiary/aromatic N) is 1. The van der Waals surface area contributed by atoms with Crippen LogP contribution < -0.4 is 10.6 Å². The van der Waals surface area contributed by atoms with Crippen molar-refractivity contribution in [3.05, 3.63) is 16.6 Å². The summed E-state index contributed by atoms with van der Waals surface area (Å²) >= 11 is 1.57. The van der Waals surface area contributed by atoms with Gasteiger partial charge in [-0.2, -0.15) is 0 Å². The summed E-state index contributed by atoms with van der Waals surface area (Å²) in [5.74, 6) is 0. The lowest BCUT2D eigenvalue weighted by Crippen LogP contribution is -2.42. The van der Waals surface area contributed by atoms with E-state index in [0.29, 0.717) is 13.2 Å². The summed E-state index contributed by atoms with van der Waals surface area (Å²) in [5, 5.41) is 7.66. The smallest absolute Gasteiger partial charge is 0.315 e. The highest BCUT2D eigenvalue weighted by Crippen LogP contribution is 2.03. The number of amides is 2. The highest BCUT2D eigenvalue weighted by Gasteiger charge is 2.17. The molecule has 0 aromatic carbocycles. The molecule has 1 saturated heterocycles. The second-order valence-corrected chi connectivity index (χ2v) is 4.41. The van der Waals surface area contributed by atoms with Crippen LogP contribution in [-0.2, 0) is 11.2 Å². The maximum absolute atomic E-state index is 11.4. The molecule has 6 heteroatoms. The third kappa shape index (κ3) is 3.46. The van der Waals surface area contributed by atoms with Gasteiger partial charge in [-0.15, -0.1) is 11.3 Å². The van der Waals surface area contributed by atoms with Crippen molar-refractivity contribution in [1.29, 1.82) is 0 Å². The van der Waals surface area contributed by atoms with E-state index < -0.39 is 0 Å². The number of carbonyl (C=O) groups is 1. The monoisotopic (exact) mass is 241 g/mol. The second-order valence-electron chi connectivity index (χ2n) is 3.69. The molecule has 0 spiro atoms. The Morgan fingerprint density at radius 1 is 1.69 bits per heavy atom. The van der Waals surface area contributed by atoms with E-state index in [2.05, 4.69) is 15.6 Å². The van der Waals surface area contributed by atoms with Crippen LogP contribution in [0.4, 0.5) is 4.79 Å². The fraction of sp³-hybridized carbons (Fsp3) is 0.600. The zero-order valence-corrected chi connectivity index (χ0v) is 9.76. The van der Waals surface area contributed by atoms with Crippen LogP contribution in [0.1, 0.15) is 12.1 Å². The molecular formula is C10H15N3O2S. The predicted octanol–water partition coefficient (Wildman–Crippen LogP) is 0.774. The van der Waals surface area contributed by atoms with Gasteiger partial charge >= 0.3 is 6.03 Å². The summed E-state index contributed by atoms with van der Waals surface area (Å²) in [6.45, 7) is 1.98. The van der Waals surface area contributed by atoms with E-state index in [1.807, 2.05) is 5.38 Å². The Morgan fingerprint density at radius 2 is 2.62 bits per heavy atom. The van der Waals surface area contributed by atoms with E-state index in [0.717, 1.165) is 25.1 Å². The van der Waals surface area contributed by atoms with Crippen molar-refractivity contribution in [2.75, 3.05) is 19.8 Å². The number of hydrogen-bond donors (Lipinski definition) is 2. The van der Waals surface area contributed by atoms with Crippen LogP contribution in [0.5, 0.6) is 0 Å². The van der Waals surface area contributed by atoms with Crippen LogP contribution in [0.3, 0.4) is 0 Å². The molecule has 1 aromatic rings. The van der Waals surface area contributed by atoms with Crippen LogP contribution in [0.15, 0.2) is 10.9 Å². The molecule has 1 aromatic heterocycles. The number of ether oxygens (including phenoxy) is 1. The van der Waals surface area contributed by atoms with E-state index in [1.54, 1.807) is 16.8 Å². The molecule has 0 radical (unpaired) electrons. The van der Waals surface area contributed by atoms with Gasteiger partial charge in [0, 0.05) is 25.0 Å². The summed E-state index contributed by atoms with van der Waals surface area (Å²) in [5.41, 5.74) is 2.82. The summed E-state index contributed by atoms with van der Waals surface area (Å²) in [4.78, 5) is 15.6. The Balaban J connectivity index is 1.60. The summed E-state index contributed by atoms with van der Waals surface area (Å²) in [7, 11) is 0. The van der Waals surface area contributed by atoms with E-state index in [1.165, 1.54) is 0 Å². The number of carbonyl (C=O) groups excluding carboxylic acids is 1. The quantitative estimate of drug-likeness (QED) is 0.818. The summed E-state index contributed by atoms with van der Waals surface area (Å²) in [6, 6.07) is 0.0463. The van der Waals surface area contributed by atoms with Gasteiger partial charge < -0.3 is 15.4 Å². The van der Waals surface area contributed by atoms with Gasteiger partial charge in [0.1, 0.15) is 0 Å². The molecule has 5 nitrogen and oxygen atoms in total. The fourth-order valence-corrected chi connectivity index (χ4v) is 2.14. The van der Waals surface area contributed by atoms with Crippen LogP contribution in [0.25, 0.3) is 0 Å². The van der Waals surface area contributed by atoms with Gasteiger partial charge in [-0.05, 0) is 6.42 Å². The normalized spacial score (nSPS) is 19.6. The second kappa shape index (κ2) is 5.81. The zero-order chi connectivity index (χ0) is 11.2. The molecule has 1 fully saturated rings. The predicted molar refractivity (Wildman–Crippen MR) is 61.6 cm³/mol. The average molecular weight is 241 g/mol. The largest absolute Gasteiger partial charge is 0.379 e. The molecule has 0 aliphatic carbocycles. The fourth-order valence-electron chi connectivity index (χ4n) is 1.55. The van der Waals surface area contributed by atoms with E-state index in [4.69, 9.17) is 4.74 Å². The molecule has 2 rings (SSSR count). The lowest BCUT2D eigenvalue weighted by Gasteiger charge is -2.11. The number of aromatic nitrogens is 1. The SMILES string of the molecule is O=C(NCCc1cscn1)NC1CCOC1. The van der Waals surface area contributed by atoms with Crippen LogP contribution in [0, 0.1) is 0 Å². The van der Waals surface area contributed by atoms with Crippen molar-refractivity contribution >= 4 is 17.4 Å². The number of thiazole rings is 1. The Hall–Kier alpha value is -1.14. The number of hydrogen-bond acceptors (Lipinski definition) is 4. The number of rotatable bonds is 4. The topological polar surface area (TPSA) is 63.2 Å². The molecule has 16 heavy (non-hydrogen) atoms.